The zero-order chi connectivity index (χ0) is 21.6. The Labute approximate surface area is 189 Å². The zero-order valence-electron chi connectivity index (χ0n) is 16.9. The highest BCUT2D eigenvalue weighted by molar-refractivity contribution is 8.00. The predicted molar refractivity (Wildman–Crippen MR) is 124 cm³/mol. The number of hydrogen-bond donors (Lipinski definition) is 2. The second-order valence-corrected chi connectivity index (χ2v) is 9.53. The van der Waals surface area contributed by atoms with Gasteiger partial charge in [-0.2, -0.15) is 0 Å². The molecule has 4 nitrogen and oxygen atoms in total. The number of carbonyl (C=O) groups excluding carboxylic acids is 2. The molecule has 0 atom stereocenters. The summed E-state index contributed by atoms with van der Waals surface area (Å²) in [6.45, 7) is 0.443. The number of anilines is 1. The summed E-state index contributed by atoms with van der Waals surface area (Å²) in [5.74, 6) is -0.432. The van der Waals surface area contributed by atoms with Gasteiger partial charge in [-0.1, -0.05) is 30.3 Å². The fraction of sp³-hybridized carbons (Fsp3) is 0.250. The van der Waals surface area contributed by atoms with Crippen LogP contribution in [0.5, 0.6) is 0 Å². The van der Waals surface area contributed by atoms with Crippen molar-refractivity contribution in [3.63, 3.8) is 0 Å². The first kappa shape index (κ1) is 21.6. The maximum absolute atomic E-state index is 13.1. The van der Waals surface area contributed by atoms with Gasteiger partial charge in [-0.15, -0.1) is 23.1 Å². The molecule has 160 valence electrons. The minimum absolute atomic E-state index is 0.148. The zero-order valence-corrected chi connectivity index (χ0v) is 18.6. The number of halogens is 1. The van der Waals surface area contributed by atoms with Gasteiger partial charge in [-0.3, -0.25) is 9.59 Å². The van der Waals surface area contributed by atoms with Crippen molar-refractivity contribution in [2.24, 2.45) is 0 Å². The van der Waals surface area contributed by atoms with Gasteiger partial charge in [0.05, 0.1) is 11.3 Å². The van der Waals surface area contributed by atoms with Crippen LogP contribution in [0.15, 0.2) is 59.5 Å². The molecule has 7 heteroatoms. The summed E-state index contributed by atoms with van der Waals surface area (Å²) in [5, 5.41) is 6.58. The Hall–Kier alpha value is -2.64. The molecule has 0 fully saturated rings. The van der Waals surface area contributed by atoms with Crippen molar-refractivity contribution >= 4 is 39.9 Å². The molecule has 1 aromatic heterocycles. The standard InChI is InChI=1S/C24H23FN2O2S2/c25-17-10-12-18(13-11-17)30-15-21(28)27-24-22(19-8-4-5-9-20(19)31-24)23(29)26-14-16-6-2-1-3-7-16/h1-3,6-7,10-13H,4-5,8-9,14-15H2,(H,26,29)(H,27,28). The van der Waals surface area contributed by atoms with E-state index in [1.165, 1.54) is 40.1 Å². The van der Waals surface area contributed by atoms with Gasteiger partial charge in [-0.25, -0.2) is 4.39 Å². The van der Waals surface area contributed by atoms with Crippen molar-refractivity contribution in [1.29, 1.82) is 0 Å². The number of aryl methyl sites for hydroxylation is 1. The molecule has 2 amide bonds. The minimum atomic E-state index is -0.302. The van der Waals surface area contributed by atoms with E-state index in [-0.39, 0.29) is 23.4 Å². The van der Waals surface area contributed by atoms with Crippen LogP contribution in [0.2, 0.25) is 0 Å². The molecule has 2 N–H and O–H groups in total. The first-order chi connectivity index (χ1) is 15.1. The lowest BCUT2D eigenvalue weighted by Gasteiger charge is -2.13. The van der Waals surface area contributed by atoms with Crippen LogP contribution in [0.25, 0.3) is 0 Å². The van der Waals surface area contributed by atoms with Crippen molar-refractivity contribution in [1.82, 2.24) is 5.32 Å². The maximum Gasteiger partial charge on any atom is 0.254 e. The van der Waals surface area contributed by atoms with E-state index < -0.39 is 0 Å². The monoisotopic (exact) mass is 454 g/mol. The molecule has 2 aromatic carbocycles. The normalized spacial score (nSPS) is 12.8. The second-order valence-electron chi connectivity index (χ2n) is 7.37. The van der Waals surface area contributed by atoms with Crippen LogP contribution in [-0.2, 0) is 24.2 Å². The number of carbonyl (C=O) groups is 2. The van der Waals surface area contributed by atoms with E-state index in [2.05, 4.69) is 10.6 Å². The number of nitrogens with one attached hydrogen (secondary N) is 2. The quantitative estimate of drug-likeness (QED) is 0.468. The molecule has 0 bridgehead atoms. The van der Waals surface area contributed by atoms with Gasteiger partial charge in [0.15, 0.2) is 0 Å². The molecule has 0 unspecified atom stereocenters. The fourth-order valence-corrected chi connectivity index (χ4v) is 5.60. The molecule has 1 aliphatic carbocycles. The molecular formula is C24H23FN2O2S2. The summed E-state index contributed by atoms with van der Waals surface area (Å²) in [5.41, 5.74) is 2.71. The largest absolute Gasteiger partial charge is 0.348 e. The smallest absolute Gasteiger partial charge is 0.254 e. The van der Waals surface area contributed by atoms with Crippen LogP contribution >= 0.6 is 23.1 Å². The second kappa shape index (κ2) is 10.1. The molecule has 3 aromatic rings. The van der Waals surface area contributed by atoms with E-state index in [0.717, 1.165) is 41.7 Å². The molecule has 4 rings (SSSR count). The molecule has 1 aliphatic rings. The first-order valence-electron chi connectivity index (χ1n) is 10.2. The van der Waals surface area contributed by atoms with Crippen LogP contribution < -0.4 is 10.6 Å². The lowest BCUT2D eigenvalue weighted by atomic mass is 9.95. The third-order valence-corrected chi connectivity index (χ3v) is 7.35. The highest BCUT2D eigenvalue weighted by Gasteiger charge is 2.26. The van der Waals surface area contributed by atoms with E-state index in [1.54, 1.807) is 12.1 Å². The molecule has 0 saturated heterocycles. The van der Waals surface area contributed by atoms with Crippen molar-refractivity contribution < 1.29 is 14.0 Å². The average Bonchev–Trinajstić information content (AvgIpc) is 3.15. The molecule has 0 aliphatic heterocycles. The van der Waals surface area contributed by atoms with Crippen molar-refractivity contribution in [2.75, 3.05) is 11.1 Å². The Balaban J connectivity index is 1.46. The molecule has 0 radical (unpaired) electrons. The summed E-state index contributed by atoms with van der Waals surface area (Å²) < 4.78 is 13.1. The maximum atomic E-state index is 13.1. The van der Waals surface area contributed by atoms with Gasteiger partial charge in [0.2, 0.25) is 5.91 Å². The first-order valence-corrected chi connectivity index (χ1v) is 12.1. The lowest BCUT2D eigenvalue weighted by Crippen LogP contribution is -2.25. The number of thioether (sulfide) groups is 1. The molecule has 0 spiro atoms. The van der Waals surface area contributed by atoms with Gasteiger partial charge in [0.25, 0.3) is 5.91 Å². The molecule has 0 saturated carbocycles. The Morgan fingerprint density at radius 1 is 1.00 bits per heavy atom. The van der Waals surface area contributed by atoms with Crippen molar-refractivity contribution in [2.45, 2.75) is 37.1 Å². The van der Waals surface area contributed by atoms with Crippen LogP contribution in [0.4, 0.5) is 9.39 Å². The van der Waals surface area contributed by atoms with Crippen LogP contribution in [0, 0.1) is 5.82 Å². The summed E-state index contributed by atoms with van der Waals surface area (Å²) in [7, 11) is 0. The highest BCUT2D eigenvalue weighted by Crippen LogP contribution is 2.38. The van der Waals surface area contributed by atoms with Crippen LogP contribution in [0.3, 0.4) is 0 Å². The summed E-state index contributed by atoms with van der Waals surface area (Å²) >= 11 is 2.85. The Morgan fingerprint density at radius 3 is 2.52 bits per heavy atom. The highest BCUT2D eigenvalue weighted by atomic mass is 32.2. The third kappa shape index (κ3) is 5.54. The molecule has 1 heterocycles. The predicted octanol–water partition coefficient (Wildman–Crippen LogP) is 5.43. The minimum Gasteiger partial charge on any atom is -0.348 e. The van der Waals surface area contributed by atoms with E-state index in [9.17, 15) is 14.0 Å². The van der Waals surface area contributed by atoms with Gasteiger partial charge in [-0.05, 0) is 61.1 Å². The average molecular weight is 455 g/mol. The number of amides is 2. The number of hydrogen-bond acceptors (Lipinski definition) is 4. The Morgan fingerprint density at radius 2 is 1.74 bits per heavy atom. The van der Waals surface area contributed by atoms with Crippen LogP contribution in [0.1, 0.15) is 39.2 Å². The lowest BCUT2D eigenvalue weighted by molar-refractivity contribution is -0.113. The Bertz CT molecular complexity index is 1070. The number of rotatable bonds is 7. The van der Waals surface area contributed by atoms with E-state index in [1.807, 2.05) is 30.3 Å². The fourth-order valence-electron chi connectivity index (χ4n) is 3.60. The van der Waals surface area contributed by atoms with Crippen LogP contribution in [-0.4, -0.2) is 17.6 Å². The third-order valence-electron chi connectivity index (χ3n) is 5.13. The molecular weight excluding hydrogens is 431 g/mol. The van der Waals surface area contributed by atoms with E-state index in [4.69, 9.17) is 0 Å². The van der Waals surface area contributed by atoms with Gasteiger partial charge in [0, 0.05) is 16.3 Å². The summed E-state index contributed by atoms with van der Waals surface area (Å²) in [6, 6.07) is 15.8. The SMILES string of the molecule is O=C(CSc1ccc(F)cc1)Nc1sc2c(c1C(=O)NCc1ccccc1)CCCC2. The van der Waals surface area contributed by atoms with Crippen molar-refractivity contribution in [3.05, 3.63) is 82.0 Å². The number of fused-ring (bicyclic) bond motifs is 1. The summed E-state index contributed by atoms with van der Waals surface area (Å²) in [4.78, 5) is 27.7. The topological polar surface area (TPSA) is 58.2 Å². The number of thiophene rings is 1. The molecule has 31 heavy (non-hydrogen) atoms. The Kier molecular flexibility index (Phi) is 7.04. The number of benzene rings is 2. The van der Waals surface area contributed by atoms with E-state index in [0.29, 0.717) is 17.1 Å². The van der Waals surface area contributed by atoms with E-state index >= 15 is 0 Å². The van der Waals surface area contributed by atoms with Gasteiger partial charge < -0.3 is 10.6 Å². The van der Waals surface area contributed by atoms with Gasteiger partial charge >= 0.3 is 0 Å². The van der Waals surface area contributed by atoms with Gasteiger partial charge in [0.1, 0.15) is 10.8 Å². The van der Waals surface area contributed by atoms with Crippen molar-refractivity contribution in [3.8, 4) is 0 Å². The summed E-state index contributed by atoms with van der Waals surface area (Å²) in [6.07, 6.45) is 3.96.